The molecule has 0 atom stereocenters. The van der Waals surface area contributed by atoms with Crippen molar-refractivity contribution in [2.45, 2.75) is 32.7 Å². The molecule has 1 fully saturated rings. The highest BCUT2D eigenvalue weighted by Gasteiger charge is 2.15. The first-order chi connectivity index (χ1) is 18.9. The molecule has 0 saturated carbocycles. The fourth-order valence-corrected chi connectivity index (χ4v) is 4.55. The number of piperidine rings is 1. The minimum atomic E-state index is -0.568. The van der Waals surface area contributed by atoms with E-state index in [1.807, 2.05) is 13.0 Å². The Bertz CT molecular complexity index is 1280. The van der Waals surface area contributed by atoms with E-state index >= 15 is 0 Å². The number of amides is 3. The minimum absolute atomic E-state index is 0.0586. The van der Waals surface area contributed by atoms with Crippen LogP contribution in [0.4, 0.5) is 26.4 Å². The number of halogens is 1. The molecule has 0 bridgehead atoms. The number of urea groups is 1. The third kappa shape index (κ3) is 7.90. The zero-order valence-corrected chi connectivity index (χ0v) is 22.2. The number of nitrogens with one attached hydrogen (secondary N) is 4. The number of rotatable bonds is 10. The zero-order valence-electron chi connectivity index (χ0n) is 22.2. The third-order valence-corrected chi connectivity index (χ3v) is 6.64. The lowest BCUT2D eigenvalue weighted by atomic mass is 10.0. The van der Waals surface area contributed by atoms with E-state index in [1.54, 1.807) is 36.5 Å². The van der Waals surface area contributed by atoms with E-state index < -0.39 is 11.8 Å². The molecule has 1 saturated heterocycles. The van der Waals surface area contributed by atoms with Gasteiger partial charge in [-0.2, -0.15) is 0 Å². The van der Waals surface area contributed by atoms with Gasteiger partial charge in [0.1, 0.15) is 11.6 Å². The summed E-state index contributed by atoms with van der Waals surface area (Å²) in [6.07, 6.45) is 5.28. The fraction of sp³-hybridized carbons (Fsp3) is 0.345. The zero-order chi connectivity index (χ0) is 27.6. The van der Waals surface area contributed by atoms with E-state index in [9.17, 15) is 14.0 Å². The number of nitrogens with two attached hydrogens (primary N) is 1. The molecule has 2 heterocycles. The van der Waals surface area contributed by atoms with Crippen LogP contribution in [-0.2, 0) is 6.54 Å². The number of carbonyl (C=O) groups excluding carboxylic acids is 2. The Balaban J connectivity index is 1.38. The van der Waals surface area contributed by atoms with Crippen molar-refractivity contribution < 1.29 is 14.0 Å². The standard InChI is InChI=1S/C29H36FN7O2/c1-2-32-26-17-22(7-9-23(26)28(38)33-12-15-37-13-4-3-5-14-37)21-8-10-25(24(30)16-21)36-29(39)35-19-20-6-11-27(31)34-18-20/h6-11,16-18,32H,2-5,12-15,19H2,1H3,(H2,31,34)(H,33,38)(H2,35,36,39). The molecular weight excluding hydrogens is 497 g/mol. The number of likely N-dealkylation sites (tertiary alicyclic amines) is 1. The van der Waals surface area contributed by atoms with E-state index in [0.717, 1.165) is 30.8 Å². The van der Waals surface area contributed by atoms with Crippen LogP contribution in [-0.4, -0.2) is 54.5 Å². The molecule has 1 aromatic heterocycles. The van der Waals surface area contributed by atoms with Crippen LogP contribution >= 0.6 is 0 Å². The summed E-state index contributed by atoms with van der Waals surface area (Å²) >= 11 is 0. The van der Waals surface area contributed by atoms with E-state index in [0.29, 0.717) is 35.7 Å². The average Bonchev–Trinajstić information content (AvgIpc) is 2.94. The quantitative estimate of drug-likeness (QED) is 0.263. The minimum Gasteiger partial charge on any atom is -0.385 e. The van der Waals surface area contributed by atoms with Gasteiger partial charge in [-0.1, -0.05) is 24.6 Å². The summed E-state index contributed by atoms with van der Waals surface area (Å²) in [5.41, 5.74) is 9.00. The van der Waals surface area contributed by atoms with Crippen LogP contribution in [0.3, 0.4) is 0 Å². The third-order valence-electron chi connectivity index (χ3n) is 6.64. The number of benzene rings is 2. The van der Waals surface area contributed by atoms with Crippen molar-refractivity contribution in [1.82, 2.24) is 20.5 Å². The van der Waals surface area contributed by atoms with Crippen molar-refractivity contribution >= 4 is 29.1 Å². The van der Waals surface area contributed by atoms with Gasteiger partial charge in [0.15, 0.2) is 0 Å². The second-order valence-corrected chi connectivity index (χ2v) is 9.54. The number of hydrogen-bond acceptors (Lipinski definition) is 6. The Kier molecular flexibility index (Phi) is 9.69. The first-order valence-corrected chi connectivity index (χ1v) is 13.4. The molecule has 2 aromatic carbocycles. The maximum atomic E-state index is 14.9. The highest BCUT2D eigenvalue weighted by molar-refractivity contribution is 6.00. The predicted octanol–water partition coefficient (Wildman–Crippen LogP) is 4.44. The number of carbonyl (C=O) groups is 2. The van der Waals surface area contributed by atoms with Crippen LogP contribution in [0.5, 0.6) is 0 Å². The molecule has 1 aliphatic rings. The summed E-state index contributed by atoms with van der Waals surface area (Å²) < 4.78 is 14.9. The van der Waals surface area contributed by atoms with Crippen LogP contribution in [0.1, 0.15) is 42.1 Å². The normalized spacial score (nSPS) is 13.5. The molecule has 206 valence electrons. The van der Waals surface area contributed by atoms with E-state index in [-0.39, 0.29) is 18.1 Å². The Morgan fingerprint density at radius 2 is 1.74 bits per heavy atom. The number of aromatic nitrogens is 1. The number of anilines is 3. The van der Waals surface area contributed by atoms with Gasteiger partial charge in [-0.05, 0) is 79.9 Å². The maximum absolute atomic E-state index is 14.9. The highest BCUT2D eigenvalue weighted by atomic mass is 19.1. The van der Waals surface area contributed by atoms with E-state index in [1.165, 1.54) is 31.4 Å². The summed E-state index contributed by atoms with van der Waals surface area (Å²) in [6.45, 7) is 6.43. The van der Waals surface area contributed by atoms with Crippen molar-refractivity contribution in [3.05, 3.63) is 71.7 Å². The van der Waals surface area contributed by atoms with Crippen LogP contribution in [0.2, 0.25) is 0 Å². The largest absolute Gasteiger partial charge is 0.385 e. The molecule has 1 aliphatic heterocycles. The van der Waals surface area contributed by atoms with Crippen molar-refractivity contribution in [3.8, 4) is 11.1 Å². The van der Waals surface area contributed by atoms with Gasteiger partial charge in [0.05, 0.1) is 11.3 Å². The average molecular weight is 534 g/mol. The topological polar surface area (TPSA) is 124 Å². The highest BCUT2D eigenvalue weighted by Crippen LogP contribution is 2.28. The van der Waals surface area contributed by atoms with Gasteiger partial charge in [0.25, 0.3) is 5.91 Å². The number of hydrogen-bond donors (Lipinski definition) is 5. The number of nitrogen functional groups attached to an aromatic ring is 1. The summed E-state index contributed by atoms with van der Waals surface area (Å²) in [4.78, 5) is 31.5. The SMILES string of the molecule is CCNc1cc(-c2ccc(NC(=O)NCc3ccc(N)nc3)c(F)c2)ccc1C(=O)NCCN1CCCCC1. The number of pyridine rings is 1. The van der Waals surface area contributed by atoms with Gasteiger partial charge in [-0.3, -0.25) is 4.79 Å². The van der Waals surface area contributed by atoms with Crippen molar-refractivity contribution in [2.24, 2.45) is 0 Å². The van der Waals surface area contributed by atoms with E-state index in [4.69, 9.17) is 5.73 Å². The fourth-order valence-electron chi connectivity index (χ4n) is 4.55. The molecule has 9 nitrogen and oxygen atoms in total. The lowest BCUT2D eigenvalue weighted by Crippen LogP contribution is -2.37. The van der Waals surface area contributed by atoms with Crippen molar-refractivity contribution in [1.29, 1.82) is 0 Å². The smallest absolute Gasteiger partial charge is 0.319 e. The van der Waals surface area contributed by atoms with Crippen LogP contribution in [0.25, 0.3) is 11.1 Å². The Hall–Kier alpha value is -4.18. The lowest BCUT2D eigenvalue weighted by molar-refractivity contribution is 0.0947. The van der Waals surface area contributed by atoms with Crippen molar-refractivity contribution in [3.63, 3.8) is 0 Å². The monoisotopic (exact) mass is 533 g/mol. The van der Waals surface area contributed by atoms with Gasteiger partial charge in [0, 0.05) is 38.1 Å². The predicted molar refractivity (Wildman–Crippen MR) is 153 cm³/mol. The maximum Gasteiger partial charge on any atom is 0.319 e. The molecule has 0 radical (unpaired) electrons. The molecule has 10 heteroatoms. The van der Waals surface area contributed by atoms with Gasteiger partial charge in [-0.25, -0.2) is 14.2 Å². The molecule has 39 heavy (non-hydrogen) atoms. The number of nitrogens with zero attached hydrogens (tertiary/aromatic N) is 2. The second kappa shape index (κ2) is 13.6. The van der Waals surface area contributed by atoms with Crippen LogP contribution in [0.15, 0.2) is 54.7 Å². The summed E-state index contributed by atoms with van der Waals surface area (Å²) in [7, 11) is 0. The van der Waals surface area contributed by atoms with Crippen LogP contribution < -0.4 is 27.0 Å². The molecule has 0 aliphatic carbocycles. The molecule has 4 rings (SSSR count). The lowest BCUT2D eigenvalue weighted by Gasteiger charge is -2.26. The summed E-state index contributed by atoms with van der Waals surface area (Å²) in [5.74, 6) is -0.313. The Morgan fingerprint density at radius 3 is 2.46 bits per heavy atom. The van der Waals surface area contributed by atoms with Gasteiger partial charge < -0.3 is 31.9 Å². The molecule has 3 amide bonds. The Labute approximate surface area is 228 Å². The molecule has 6 N–H and O–H groups in total. The summed E-state index contributed by atoms with van der Waals surface area (Å²) in [5, 5.41) is 11.5. The van der Waals surface area contributed by atoms with Gasteiger partial charge in [0.2, 0.25) is 0 Å². The first kappa shape index (κ1) is 27.8. The molecular formula is C29H36FN7O2. The Morgan fingerprint density at radius 1 is 0.974 bits per heavy atom. The second-order valence-electron chi connectivity index (χ2n) is 9.54. The van der Waals surface area contributed by atoms with E-state index in [2.05, 4.69) is 31.2 Å². The van der Waals surface area contributed by atoms with Gasteiger partial charge >= 0.3 is 6.03 Å². The molecule has 3 aromatic rings. The van der Waals surface area contributed by atoms with Crippen molar-refractivity contribution in [2.75, 3.05) is 49.1 Å². The van der Waals surface area contributed by atoms with Crippen LogP contribution in [0, 0.1) is 5.82 Å². The molecule has 0 unspecified atom stereocenters. The first-order valence-electron chi connectivity index (χ1n) is 13.4. The van der Waals surface area contributed by atoms with Gasteiger partial charge in [-0.15, -0.1) is 0 Å². The molecule has 0 spiro atoms. The summed E-state index contributed by atoms with van der Waals surface area (Å²) in [6, 6.07) is 12.9.